The number of rotatable bonds is 4. The molecule has 1 saturated carbocycles. The Morgan fingerprint density at radius 1 is 1.53 bits per heavy atom. The highest BCUT2D eigenvalue weighted by molar-refractivity contribution is 7.14. The van der Waals surface area contributed by atoms with Crippen molar-refractivity contribution in [2.75, 3.05) is 25.4 Å². The SMILES string of the molecule is Cc1sc(C(=O)NCC2CCN(C3CC3)C2)cc1N. The third-order valence-corrected chi connectivity index (χ3v) is 5.18. The summed E-state index contributed by atoms with van der Waals surface area (Å²) in [5.74, 6) is 0.637. The van der Waals surface area contributed by atoms with Crippen molar-refractivity contribution in [2.24, 2.45) is 5.92 Å². The first-order valence-electron chi connectivity index (χ1n) is 7.01. The van der Waals surface area contributed by atoms with Crippen molar-refractivity contribution in [1.29, 1.82) is 0 Å². The maximum absolute atomic E-state index is 12.0. The minimum absolute atomic E-state index is 0.0228. The normalized spacial score (nSPS) is 23.7. The van der Waals surface area contributed by atoms with Crippen LogP contribution >= 0.6 is 11.3 Å². The summed E-state index contributed by atoms with van der Waals surface area (Å²) in [6, 6.07) is 2.63. The molecular weight excluding hydrogens is 258 g/mol. The molecule has 5 heteroatoms. The van der Waals surface area contributed by atoms with Crippen molar-refractivity contribution in [2.45, 2.75) is 32.2 Å². The Hall–Kier alpha value is -1.07. The number of nitrogens with one attached hydrogen (secondary N) is 1. The van der Waals surface area contributed by atoms with E-state index in [1.54, 1.807) is 6.07 Å². The number of thiophene rings is 1. The Labute approximate surface area is 118 Å². The summed E-state index contributed by atoms with van der Waals surface area (Å²) in [4.78, 5) is 16.3. The quantitative estimate of drug-likeness (QED) is 0.884. The second-order valence-corrected chi connectivity index (χ2v) is 6.97. The number of likely N-dealkylation sites (tertiary alicyclic amines) is 1. The van der Waals surface area contributed by atoms with Gasteiger partial charge in [-0.2, -0.15) is 0 Å². The topological polar surface area (TPSA) is 58.4 Å². The van der Waals surface area contributed by atoms with Crippen molar-refractivity contribution >= 4 is 22.9 Å². The molecule has 2 fully saturated rings. The van der Waals surface area contributed by atoms with Gasteiger partial charge in [0.25, 0.3) is 5.91 Å². The molecule has 4 nitrogen and oxygen atoms in total. The number of nitrogens with two attached hydrogens (primary N) is 1. The van der Waals surface area contributed by atoms with Gasteiger partial charge in [0.2, 0.25) is 0 Å². The second-order valence-electron chi connectivity index (χ2n) is 5.71. The zero-order chi connectivity index (χ0) is 13.4. The third-order valence-electron chi connectivity index (χ3n) is 4.11. The van der Waals surface area contributed by atoms with Gasteiger partial charge in [0.15, 0.2) is 0 Å². The van der Waals surface area contributed by atoms with E-state index in [1.807, 2.05) is 6.92 Å². The minimum atomic E-state index is 0.0228. The average Bonchev–Trinajstić information content (AvgIpc) is 3.04. The average molecular weight is 279 g/mol. The molecule has 0 radical (unpaired) electrons. The summed E-state index contributed by atoms with van der Waals surface area (Å²) < 4.78 is 0. The second kappa shape index (κ2) is 5.13. The molecule has 1 aliphatic heterocycles. The number of nitrogen functional groups attached to an aromatic ring is 1. The van der Waals surface area contributed by atoms with E-state index in [9.17, 15) is 4.79 Å². The molecule has 2 aliphatic rings. The van der Waals surface area contributed by atoms with Gasteiger partial charge in [0.05, 0.1) is 4.88 Å². The third kappa shape index (κ3) is 2.92. The smallest absolute Gasteiger partial charge is 0.261 e. The fourth-order valence-corrected chi connectivity index (χ4v) is 3.59. The number of hydrogen-bond acceptors (Lipinski definition) is 4. The Kier molecular flexibility index (Phi) is 3.50. The van der Waals surface area contributed by atoms with Gasteiger partial charge >= 0.3 is 0 Å². The van der Waals surface area contributed by atoms with Gasteiger partial charge in [-0.25, -0.2) is 0 Å². The van der Waals surface area contributed by atoms with E-state index >= 15 is 0 Å². The Balaban J connectivity index is 1.48. The van der Waals surface area contributed by atoms with Gasteiger partial charge in [-0.3, -0.25) is 4.79 Å². The largest absolute Gasteiger partial charge is 0.398 e. The number of amides is 1. The number of anilines is 1. The van der Waals surface area contributed by atoms with E-state index in [0.29, 0.717) is 5.92 Å². The predicted octanol–water partition coefficient (Wildman–Crippen LogP) is 1.85. The van der Waals surface area contributed by atoms with Crippen LogP contribution in [-0.2, 0) is 0 Å². The van der Waals surface area contributed by atoms with Crippen molar-refractivity contribution in [3.63, 3.8) is 0 Å². The molecule has 1 aromatic rings. The molecule has 1 aliphatic carbocycles. The lowest BCUT2D eigenvalue weighted by atomic mass is 10.1. The molecule has 0 aromatic carbocycles. The number of carbonyl (C=O) groups is 1. The number of nitrogens with zero attached hydrogens (tertiary/aromatic N) is 1. The molecule has 1 amide bonds. The maximum Gasteiger partial charge on any atom is 0.261 e. The highest BCUT2D eigenvalue weighted by atomic mass is 32.1. The van der Waals surface area contributed by atoms with Crippen LogP contribution in [-0.4, -0.2) is 36.5 Å². The summed E-state index contributed by atoms with van der Waals surface area (Å²) in [7, 11) is 0. The van der Waals surface area contributed by atoms with Crippen LogP contribution in [0.3, 0.4) is 0 Å². The zero-order valence-electron chi connectivity index (χ0n) is 11.3. The molecule has 1 atom stereocenters. The Morgan fingerprint density at radius 3 is 2.95 bits per heavy atom. The first-order chi connectivity index (χ1) is 9.13. The van der Waals surface area contributed by atoms with Crippen LogP contribution in [0.5, 0.6) is 0 Å². The molecule has 3 N–H and O–H groups in total. The van der Waals surface area contributed by atoms with Gasteiger partial charge < -0.3 is 16.0 Å². The lowest BCUT2D eigenvalue weighted by Crippen LogP contribution is -2.31. The molecule has 0 bridgehead atoms. The van der Waals surface area contributed by atoms with E-state index in [1.165, 1.54) is 37.1 Å². The number of carbonyl (C=O) groups excluding carboxylic acids is 1. The van der Waals surface area contributed by atoms with Gasteiger partial charge in [-0.15, -0.1) is 11.3 Å². The fraction of sp³-hybridized carbons (Fsp3) is 0.643. The lowest BCUT2D eigenvalue weighted by Gasteiger charge is -2.14. The molecule has 0 spiro atoms. The predicted molar refractivity (Wildman–Crippen MR) is 78.5 cm³/mol. The standard InChI is InChI=1S/C14H21N3OS/c1-9-12(15)6-13(19-9)14(18)16-7-10-4-5-17(8-10)11-2-3-11/h6,10-11H,2-5,7-8,15H2,1H3,(H,16,18). The van der Waals surface area contributed by atoms with E-state index in [-0.39, 0.29) is 5.91 Å². The van der Waals surface area contributed by atoms with Crippen LogP contribution < -0.4 is 11.1 Å². The lowest BCUT2D eigenvalue weighted by molar-refractivity contribution is 0.0951. The van der Waals surface area contributed by atoms with Crippen molar-refractivity contribution < 1.29 is 4.79 Å². The summed E-state index contributed by atoms with van der Waals surface area (Å²) in [5.41, 5.74) is 6.50. The molecule has 104 valence electrons. The van der Waals surface area contributed by atoms with Crippen LogP contribution in [0.2, 0.25) is 0 Å². The van der Waals surface area contributed by atoms with Gasteiger partial charge in [-0.05, 0) is 44.7 Å². The van der Waals surface area contributed by atoms with Gasteiger partial charge in [0.1, 0.15) is 0 Å². The molecule has 1 aromatic heterocycles. The Morgan fingerprint density at radius 2 is 2.32 bits per heavy atom. The zero-order valence-corrected chi connectivity index (χ0v) is 12.1. The van der Waals surface area contributed by atoms with Gasteiger partial charge in [-0.1, -0.05) is 0 Å². The van der Waals surface area contributed by atoms with E-state index in [2.05, 4.69) is 10.2 Å². The van der Waals surface area contributed by atoms with Crippen LogP contribution in [0.1, 0.15) is 33.8 Å². The summed E-state index contributed by atoms with van der Waals surface area (Å²) in [5, 5.41) is 3.05. The fourth-order valence-electron chi connectivity index (χ4n) is 2.73. The first kappa shape index (κ1) is 12.9. The number of hydrogen-bond donors (Lipinski definition) is 2. The van der Waals surface area contributed by atoms with Crippen molar-refractivity contribution in [1.82, 2.24) is 10.2 Å². The molecule has 2 heterocycles. The molecular formula is C14H21N3OS. The molecule has 19 heavy (non-hydrogen) atoms. The van der Waals surface area contributed by atoms with E-state index in [0.717, 1.165) is 34.6 Å². The molecule has 1 unspecified atom stereocenters. The summed E-state index contributed by atoms with van der Waals surface area (Å²) in [6.45, 7) is 5.09. The monoisotopic (exact) mass is 279 g/mol. The number of aryl methyl sites for hydroxylation is 1. The van der Waals surface area contributed by atoms with E-state index in [4.69, 9.17) is 5.73 Å². The van der Waals surface area contributed by atoms with Crippen LogP contribution in [0.15, 0.2) is 6.07 Å². The first-order valence-corrected chi connectivity index (χ1v) is 7.83. The van der Waals surface area contributed by atoms with Gasteiger partial charge in [0, 0.05) is 29.7 Å². The highest BCUT2D eigenvalue weighted by Crippen LogP contribution is 2.31. The minimum Gasteiger partial charge on any atom is -0.398 e. The van der Waals surface area contributed by atoms with Crippen LogP contribution in [0.4, 0.5) is 5.69 Å². The van der Waals surface area contributed by atoms with Crippen molar-refractivity contribution in [3.8, 4) is 0 Å². The maximum atomic E-state index is 12.0. The molecule has 1 saturated heterocycles. The Bertz CT molecular complexity index is 462. The van der Waals surface area contributed by atoms with Crippen LogP contribution in [0.25, 0.3) is 0 Å². The summed E-state index contributed by atoms with van der Waals surface area (Å²) in [6.07, 6.45) is 3.95. The highest BCUT2D eigenvalue weighted by Gasteiger charge is 2.34. The van der Waals surface area contributed by atoms with Crippen LogP contribution in [0, 0.1) is 12.8 Å². The van der Waals surface area contributed by atoms with Crippen molar-refractivity contribution in [3.05, 3.63) is 15.8 Å². The molecule has 3 rings (SSSR count). The summed E-state index contributed by atoms with van der Waals surface area (Å²) >= 11 is 1.47. The van der Waals surface area contributed by atoms with E-state index < -0.39 is 0 Å².